The van der Waals surface area contributed by atoms with Gasteiger partial charge in [-0.2, -0.15) is 0 Å². The first-order valence-corrected chi connectivity index (χ1v) is 3.72. The summed E-state index contributed by atoms with van der Waals surface area (Å²) < 4.78 is 0. The SMILES string of the molecule is [B]C(=O)NC(C)(CO)CCC. The van der Waals surface area contributed by atoms with Gasteiger partial charge in [0, 0.05) is 0 Å². The van der Waals surface area contributed by atoms with Crippen LogP contribution in [0.2, 0.25) is 0 Å². The summed E-state index contributed by atoms with van der Waals surface area (Å²) in [5.74, 6) is -0.588. The molecule has 3 nitrogen and oxygen atoms in total. The topological polar surface area (TPSA) is 49.3 Å². The summed E-state index contributed by atoms with van der Waals surface area (Å²) in [5, 5.41) is 11.4. The second-order valence-electron chi connectivity index (χ2n) is 2.96. The highest BCUT2D eigenvalue weighted by Gasteiger charge is 2.21. The number of rotatable bonds is 4. The number of hydrogen-bond acceptors (Lipinski definition) is 2. The predicted molar refractivity (Wildman–Crippen MR) is 44.7 cm³/mol. The second kappa shape index (κ2) is 4.39. The van der Waals surface area contributed by atoms with Crippen LogP contribution < -0.4 is 5.32 Å². The fourth-order valence-corrected chi connectivity index (χ4v) is 1.03. The zero-order valence-electron chi connectivity index (χ0n) is 7.05. The van der Waals surface area contributed by atoms with Gasteiger partial charge >= 0.3 is 0 Å². The Kier molecular flexibility index (Phi) is 4.19. The second-order valence-corrected chi connectivity index (χ2v) is 2.96. The number of carbonyl (C=O) groups is 1. The van der Waals surface area contributed by atoms with Crippen LogP contribution in [0.3, 0.4) is 0 Å². The van der Waals surface area contributed by atoms with E-state index in [1.165, 1.54) is 0 Å². The first kappa shape index (κ1) is 10.5. The summed E-state index contributed by atoms with van der Waals surface area (Å²) in [7, 11) is 4.92. The number of amides is 1. The molecule has 0 aliphatic carbocycles. The molecular formula is C7H14BNO2. The molecule has 0 aromatic carbocycles. The molecule has 0 aromatic heterocycles. The monoisotopic (exact) mass is 155 g/mol. The maximum atomic E-state index is 10.4. The highest BCUT2D eigenvalue weighted by atomic mass is 16.3. The molecule has 0 fully saturated rings. The number of hydrogen-bond donors (Lipinski definition) is 2. The van der Waals surface area contributed by atoms with Gasteiger partial charge in [-0.3, -0.25) is 4.79 Å². The van der Waals surface area contributed by atoms with Crippen LogP contribution in [-0.2, 0) is 0 Å². The molecule has 0 saturated heterocycles. The Balaban J connectivity index is 3.98. The average Bonchev–Trinajstić information content (AvgIpc) is 1.87. The van der Waals surface area contributed by atoms with E-state index < -0.39 is 11.3 Å². The van der Waals surface area contributed by atoms with E-state index in [4.69, 9.17) is 13.0 Å². The molecule has 1 atom stereocenters. The van der Waals surface area contributed by atoms with Crippen LogP contribution in [-0.4, -0.2) is 30.9 Å². The first-order valence-electron chi connectivity index (χ1n) is 3.72. The lowest BCUT2D eigenvalue weighted by molar-refractivity contribution is 0.170. The summed E-state index contributed by atoms with van der Waals surface area (Å²) in [6.07, 6.45) is 1.63. The molecule has 2 N–H and O–H groups in total. The van der Waals surface area contributed by atoms with Gasteiger partial charge in [-0.05, 0) is 13.3 Å². The summed E-state index contributed by atoms with van der Waals surface area (Å²) in [6.45, 7) is 3.67. The van der Waals surface area contributed by atoms with Gasteiger partial charge in [-0.1, -0.05) is 13.3 Å². The fraction of sp³-hybridized carbons (Fsp3) is 0.857. The lowest BCUT2D eigenvalue weighted by Gasteiger charge is -2.27. The van der Waals surface area contributed by atoms with Gasteiger partial charge in [0.05, 0.1) is 12.1 Å². The summed E-state index contributed by atoms with van der Waals surface area (Å²) in [4.78, 5) is 10.4. The molecule has 0 bridgehead atoms. The zero-order valence-corrected chi connectivity index (χ0v) is 7.05. The van der Waals surface area contributed by atoms with Gasteiger partial charge in [-0.25, -0.2) is 0 Å². The normalized spacial score (nSPS) is 15.5. The van der Waals surface area contributed by atoms with E-state index in [1.807, 2.05) is 6.92 Å². The standard InChI is InChI=1S/C7H14BNO2/c1-3-4-7(2,5-10)9-6(8)11/h10H,3-5H2,1-2H3,(H,9,11). The molecular weight excluding hydrogens is 141 g/mol. The van der Waals surface area contributed by atoms with E-state index in [2.05, 4.69) is 5.32 Å². The van der Waals surface area contributed by atoms with E-state index in [9.17, 15) is 4.79 Å². The Bertz CT molecular complexity index is 140. The number of aliphatic hydroxyl groups excluding tert-OH is 1. The molecule has 62 valence electrons. The summed E-state index contributed by atoms with van der Waals surface area (Å²) in [5.41, 5.74) is -0.555. The molecule has 0 spiro atoms. The van der Waals surface area contributed by atoms with Gasteiger partial charge in [-0.15, -0.1) is 0 Å². The highest BCUT2D eigenvalue weighted by molar-refractivity contribution is 6.57. The number of carbonyl (C=O) groups excluding carboxylic acids is 1. The smallest absolute Gasteiger partial charge is 0.200 e. The molecule has 0 aromatic rings. The van der Waals surface area contributed by atoms with Crippen molar-refractivity contribution >= 4 is 13.7 Å². The Labute approximate surface area is 68.6 Å². The van der Waals surface area contributed by atoms with Crippen LogP contribution in [0.15, 0.2) is 0 Å². The van der Waals surface area contributed by atoms with Crippen molar-refractivity contribution < 1.29 is 9.90 Å². The van der Waals surface area contributed by atoms with Crippen molar-refractivity contribution in [3.8, 4) is 0 Å². The Morgan fingerprint density at radius 3 is 2.55 bits per heavy atom. The summed E-state index contributed by atoms with van der Waals surface area (Å²) >= 11 is 0. The Morgan fingerprint density at radius 1 is 1.73 bits per heavy atom. The van der Waals surface area contributed by atoms with Crippen molar-refractivity contribution in [1.82, 2.24) is 5.32 Å². The van der Waals surface area contributed by atoms with E-state index >= 15 is 0 Å². The third-order valence-electron chi connectivity index (χ3n) is 1.58. The fourth-order valence-electron chi connectivity index (χ4n) is 1.03. The highest BCUT2D eigenvalue weighted by Crippen LogP contribution is 2.10. The van der Waals surface area contributed by atoms with Crippen LogP contribution in [0.1, 0.15) is 26.7 Å². The van der Waals surface area contributed by atoms with Crippen LogP contribution in [0.25, 0.3) is 0 Å². The lowest BCUT2D eigenvalue weighted by Crippen LogP contribution is -2.48. The number of nitrogens with one attached hydrogen (secondary N) is 1. The lowest BCUT2D eigenvalue weighted by atomic mass is 9.95. The first-order chi connectivity index (χ1) is 5.04. The molecule has 0 heterocycles. The minimum absolute atomic E-state index is 0.0796. The van der Waals surface area contributed by atoms with Crippen LogP contribution in [0.4, 0.5) is 4.79 Å². The maximum Gasteiger partial charge on any atom is 0.200 e. The van der Waals surface area contributed by atoms with Crippen LogP contribution in [0, 0.1) is 0 Å². The third-order valence-corrected chi connectivity index (χ3v) is 1.58. The van der Waals surface area contributed by atoms with Crippen LogP contribution in [0.5, 0.6) is 0 Å². The van der Waals surface area contributed by atoms with Gasteiger partial charge in [0.1, 0.15) is 0 Å². The molecule has 0 saturated carbocycles. The van der Waals surface area contributed by atoms with Gasteiger partial charge < -0.3 is 10.4 Å². The molecule has 0 rings (SSSR count). The Morgan fingerprint density at radius 2 is 2.27 bits per heavy atom. The van der Waals surface area contributed by atoms with Crippen molar-refractivity contribution in [2.75, 3.05) is 6.61 Å². The average molecular weight is 155 g/mol. The molecule has 4 heteroatoms. The van der Waals surface area contributed by atoms with Gasteiger partial charge in [0.2, 0.25) is 7.85 Å². The maximum absolute atomic E-state index is 10.4. The van der Waals surface area contributed by atoms with E-state index in [1.54, 1.807) is 6.92 Å². The van der Waals surface area contributed by atoms with E-state index in [0.717, 1.165) is 12.8 Å². The molecule has 11 heavy (non-hydrogen) atoms. The van der Waals surface area contributed by atoms with Crippen molar-refractivity contribution in [3.05, 3.63) is 0 Å². The molecule has 2 radical (unpaired) electrons. The van der Waals surface area contributed by atoms with E-state index in [-0.39, 0.29) is 6.61 Å². The molecule has 1 amide bonds. The Hall–Kier alpha value is -0.505. The largest absolute Gasteiger partial charge is 0.394 e. The van der Waals surface area contributed by atoms with Crippen molar-refractivity contribution in [2.24, 2.45) is 0 Å². The third kappa shape index (κ3) is 4.04. The zero-order chi connectivity index (χ0) is 8.91. The van der Waals surface area contributed by atoms with Crippen LogP contribution >= 0.6 is 0 Å². The minimum Gasteiger partial charge on any atom is -0.394 e. The van der Waals surface area contributed by atoms with Crippen molar-refractivity contribution in [3.63, 3.8) is 0 Å². The van der Waals surface area contributed by atoms with Crippen molar-refractivity contribution in [2.45, 2.75) is 32.2 Å². The van der Waals surface area contributed by atoms with Crippen molar-refractivity contribution in [1.29, 1.82) is 0 Å². The summed E-state index contributed by atoms with van der Waals surface area (Å²) in [6, 6.07) is 0. The van der Waals surface area contributed by atoms with Gasteiger partial charge in [0.25, 0.3) is 0 Å². The molecule has 0 aliphatic rings. The van der Waals surface area contributed by atoms with E-state index in [0.29, 0.717) is 0 Å². The quantitative estimate of drug-likeness (QED) is 0.577. The predicted octanol–water partition coefficient (Wildman–Crippen LogP) is 0.416. The minimum atomic E-state index is -0.588. The van der Waals surface area contributed by atoms with Gasteiger partial charge in [0.15, 0.2) is 5.81 Å². The molecule has 0 aliphatic heterocycles. The molecule has 1 unspecified atom stereocenters. The number of aliphatic hydroxyl groups is 1.